The van der Waals surface area contributed by atoms with Gasteiger partial charge < -0.3 is 26.2 Å². The predicted molar refractivity (Wildman–Crippen MR) is 123 cm³/mol. The van der Waals surface area contributed by atoms with Crippen LogP contribution in [0, 0.1) is 11.8 Å². The van der Waals surface area contributed by atoms with Crippen molar-refractivity contribution in [3.63, 3.8) is 0 Å². The lowest BCUT2D eigenvalue weighted by Crippen LogP contribution is -2.66. The molecule has 0 unspecified atom stereocenters. The van der Waals surface area contributed by atoms with Gasteiger partial charge in [-0.15, -0.1) is 0 Å². The molecule has 9 heteroatoms. The summed E-state index contributed by atoms with van der Waals surface area (Å²) in [6.07, 6.45) is 1.78. The zero-order valence-electron chi connectivity index (χ0n) is 19.2. The summed E-state index contributed by atoms with van der Waals surface area (Å²) in [5.74, 6) is -6.26. The van der Waals surface area contributed by atoms with E-state index in [-0.39, 0.29) is 23.3 Å². The van der Waals surface area contributed by atoms with Crippen LogP contribution in [0.1, 0.15) is 44.2 Å². The van der Waals surface area contributed by atoms with Crippen LogP contribution in [0.25, 0.3) is 5.76 Å². The second-order valence-corrected chi connectivity index (χ2v) is 9.35. The Kier molecular flexibility index (Phi) is 6.03. The molecule has 1 aromatic rings. The van der Waals surface area contributed by atoms with Crippen molar-refractivity contribution < 1.29 is 34.8 Å². The molecule has 1 saturated carbocycles. The van der Waals surface area contributed by atoms with Crippen LogP contribution in [0.5, 0.6) is 5.75 Å². The summed E-state index contributed by atoms with van der Waals surface area (Å²) < 4.78 is 0. The van der Waals surface area contributed by atoms with Gasteiger partial charge in [0.2, 0.25) is 5.78 Å². The van der Waals surface area contributed by atoms with Crippen LogP contribution in [0.2, 0.25) is 0 Å². The highest BCUT2D eigenvalue weighted by Crippen LogP contribution is 2.52. The number of rotatable bonds is 6. The molecule has 34 heavy (non-hydrogen) atoms. The Morgan fingerprint density at radius 2 is 1.79 bits per heavy atom. The molecule has 1 fully saturated rings. The first kappa shape index (κ1) is 24.0. The van der Waals surface area contributed by atoms with Crippen molar-refractivity contribution in [2.45, 2.75) is 51.2 Å². The topological polar surface area (TPSA) is 161 Å². The van der Waals surface area contributed by atoms with Crippen LogP contribution >= 0.6 is 0 Å². The van der Waals surface area contributed by atoms with Gasteiger partial charge in [0.15, 0.2) is 11.4 Å². The zero-order chi connectivity index (χ0) is 24.9. The van der Waals surface area contributed by atoms with Gasteiger partial charge >= 0.3 is 0 Å². The number of nitrogens with zero attached hydrogens (tertiary/aromatic N) is 1. The van der Waals surface area contributed by atoms with Crippen LogP contribution in [0.4, 0.5) is 0 Å². The van der Waals surface area contributed by atoms with Gasteiger partial charge in [0.25, 0.3) is 5.91 Å². The molecule has 3 aliphatic carbocycles. The van der Waals surface area contributed by atoms with Crippen LogP contribution in [-0.4, -0.2) is 67.5 Å². The first-order chi connectivity index (χ1) is 16.1. The molecule has 0 aliphatic heterocycles. The number of benzene rings is 1. The number of carbonyl (C=O) groups is 3. The van der Waals surface area contributed by atoms with Gasteiger partial charge in [-0.25, -0.2) is 0 Å². The molecule has 1 aromatic carbocycles. The fourth-order valence-corrected chi connectivity index (χ4v) is 5.97. The van der Waals surface area contributed by atoms with Crippen LogP contribution < -0.4 is 5.73 Å². The summed E-state index contributed by atoms with van der Waals surface area (Å²) in [5.41, 5.74) is 2.63. The maximum atomic E-state index is 13.8. The lowest BCUT2D eigenvalue weighted by Gasteiger charge is -2.51. The Morgan fingerprint density at radius 1 is 1.15 bits per heavy atom. The SMILES string of the molecule is CCCN(CCC)[C@H]1C(=O)C(C(N)=O)=C(O)[C@@]2(O)C(=O)C3=C(O)c4c(O)cccc4C[C@H]3C[C@@H]12. The third-order valence-electron chi connectivity index (χ3n) is 7.32. The quantitative estimate of drug-likeness (QED) is 0.391. The highest BCUT2D eigenvalue weighted by Gasteiger charge is 2.64. The van der Waals surface area contributed by atoms with E-state index < -0.39 is 58.0 Å². The number of hydrogen-bond acceptors (Lipinski definition) is 8. The predicted octanol–water partition coefficient (Wildman–Crippen LogP) is 1.52. The summed E-state index contributed by atoms with van der Waals surface area (Å²) in [6.45, 7) is 4.82. The minimum Gasteiger partial charge on any atom is -0.508 e. The fourth-order valence-electron chi connectivity index (χ4n) is 5.97. The molecule has 182 valence electrons. The maximum Gasteiger partial charge on any atom is 0.255 e. The molecular weight excluding hydrogens is 440 g/mol. The van der Waals surface area contributed by atoms with Crippen molar-refractivity contribution in [1.29, 1.82) is 0 Å². The number of nitrogens with two attached hydrogens (primary N) is 1. The molecule has 0 aromatic heterocycles. The number of aliphatic hydroxyl groups excluding tert-OH is 2. The molecule has 0 heterocycles. The normalized spacial score (nSPS) is 28.6. The van der Waals surface area contributed by atoms with Crippen molar-refractivity contribution >= 4 is 23.2 Å². The fraction of sp³-hybridized carbons (Fsp3) is 0.480. The van der Waals surface area contributed by atoms with Gasteiger partial charge in [0.05, 0.1) is 11.6 Å². The van der Waals surface area contributed by atoms with Gasteiger partial charge in [-0.2, -0.15) is 0 Å². The lowest BCUT2D eigenvalue weighted by molar-refractivity contribution is -0.155. The average molecular weight is 471 g/mol. The largest absolute Gasteiger partial charge is 0.508 e. The molecule has 3 aliphatic rings. The van der Waals surface area contributed by atoms with E-state index in [1.807, 2.05) is 18.7 Å². The van der Waals surface area contributed by atoms with E-state index in [1.54, 1.807) is 12.1 Å². The Morgan fingerprint density at radius 3 is 2.38 bits per heavy atom. The molecule has 4 rings (SSSR count). The second-order valence-electron chi connectivity index (χ2n) is 9.35. The van der Waals surface area contributed by atoms with Gasteiger partial charge in [0, 0.05) is 11.5 Å². The molecular formula is C25H30N2O7. The smallest absolute Gasteiger partial charge is 0.255 e. The van der Waals surface area contributed by atoms with E-state index >= 15 is 0 Å². The molecule has 9 nitrogen and oxygen atoms in total. The van der Waals surface area contributed by atoms with E-state index in [0.29, 0.717) is 37.9 Å². The Bertz CT molecular complexity index is 1130. The maximum absolute atomic E-state index is 13.8. The number of hydrogen-bond donors (Lipinski definition) is 5. The summed E-state index contributed by atoms with van der Waals surface area (Å²) in [6, 6.07) is 3.71. The number of phenols is 1. The number of fused-ring (bicyclic) bond motifs is 3. The number of amides is 1. The number of primary amides is 1. The molecule has 4 atom stereocenters. The zero-order valence-corrected chi connectivity index (χ0v) is 19.2. The minimum atomic E-state index is -2.61. The summed E-state index contributed by atoms with van der Waals surface area (Å²) in [5, 5.41) is 44.0. The Hall–Kier alpha value is -3.17. The van der Waals surface area contributed by atoms with Gasteiger partial charge in [-0.3, -0.25) is 19.3 Å². The average Bonchev–Trinajstić information content (AvgIpc) is 2.76. The van der Waals surface area contributed by atoms with E-state index in [1.165, 1.54) is 6.07 Å². The van der Waals surface area contributed by atoms with E-state index in [2.05, 4.69) is 0 Å². The third-order valence-corrected chi connectivity index (χ3v) is 7.32. The second kappa shape index (κ2) is 8.56. The number of ketones is 2. The van der Waals surface area contributed by atoms with E-state index in [0.717, 1.165) is 0 Å². The molecule has 0 spiro atoms. The Balaban J connectivity index is 1.95. The minimum absolute atomic E-state index is 0.102. The van der Waals surface area contributed by atoms with Crippen LogP contribution in [0.15, 0.2) is 35.1 Å². The first-order valence-corrected chi connectivity index (χ1v) is 11.6. The standard InChI is InChI=1S/C25H30N2O7/c1-3-8-27(9-4-2)19-14-11-13-10-12-6-5-7-15(28)16(12)20(29)17(13)22(31)25(14,34)23(32)18(21(19)30)24(26)33/h5-7,13-14,19,28-29,32,34H,3-4,8-11H2,1-2H3,(H2,26,33)/t13-,14-,19+,25-/m0/s1. The highest BCUT2D eigenvalue weighted by molar-refractivity contribution is 6.24. The van der Waals surface area contributed by atoms with Gasteiger partial charge in [0.1, 0.15) is 22.8 Å². The molecule has 1 amide bonds. The number of Topliss-reactive ketones (excluding diaryl/α,β-unsaturated/α-hetero) is 2. The van der Waals surface area contributed by atoms with E-state index in [4.69, 9.17) is 5.73 Å². The number of phenolic OH excluding ortho intramolecular Hbond substituents is 1. The molecule has 6 N–H and O–H groups in total. The number of carbonyl (C=O) groups excluding carboxylic acids is 3. The monoisotopic (exact) mass is 470 g/mol. The molecule has 0 bridgehead atoms. The Labute approximate surface area is 197 Å². The number of aliphatic hydroxyl groups is 3. The number of aromatic hydroxyl groups is 1. The lowest BCUT2D eigenvalue weighted by atomic mass is 9.57. The summed E-state index contributed by atoms with van der Waals surface area (Å²) >= 11 is 0. The van der Waals surface area contributed by atoms with Gasteiger partial charge in [-0.05, 0) is 56.3 Å². The molecule has 0 radical (unpaired) electrons. The third kappa shape index (κ3) is 3.25. The van der Waals surface area contributed by atoms with Crippen LogP contribution in [0.3, 0.4) is 0 Å². The van der Waals surface area contributed by atoms with Crippen molar-refractivity contribution in [3.05, 3.63) is 46.2 Å². The van der Waals surface area contributed by atoms with E-state index in [9.17, 15) is 34.8 Å². The van der Waals surface area contributed by atoms with Crippen molar-refractivity contribution in [3.8, 4) is 5.75 Å². The summed E-state index contributed by atoms with van der Waals surface area (Å²) in [7, 11) is 0. The van der Waals surface area contributed by atoms with Crippen molar-refractivity contribution in [2.75, 3.05) is 13.1 Å². The summed E-state index contributed by atoms with van der Waals surface area (Å²) in [4.78, 5) is 41.3. The molecule has 0 saturated heterocycles. The highest BCUT2D eigenvalue weighted by atomic mass is 16.3. The van der Waals surface area contributed by atoms with Gasteiger partial charge in [-0.1, -0.05) is 26.0 Å². The van der Waals surface area contributed by atoms with Crippen molar-refractivity contribution in [2.24, 2.45) is 17.6 Å². The van der Waals surface area contributed by atoms with Crippen LogP contribution in [-0.2, 0) is 20.8 Å². The van der Waals surface area contributed by atoms with Crippen molar-refractivity contribution in [1.82, 2.24) is 4.90 Å². The first-order valence-electron chi connectivity index (χ1n) is 11.6.